The highest BCUT2D eigenvalue weighted by molar-refractivity contribution is 5.96. The van der Waals surface area contributed by atoms with Gasteiger partial charge < -0.3 is 10.6 Å². The standard InChI is InChI=1S/C13H20N2O/c1-5-14-13-8-11(10(4)16)6-7-12(13)15-9(2)3/h6-9,14-15H,5H2,1-4H3. The summed E-state index contributed by atoms with van der Waals surface area (Å²) in [5.74, 6) is 0.0928. The second kappa shape index (κ2) is 5.54. The summed E-state index contributed by atoms with van der Waals surface area (Å²) < 4.78 is 0. The molecule has 0 aliphatic rings. The van der Waals surface area contributed by atoms with Crippen molar-refractivity contribution in [1.29, 1.82) is 0 Å². The minimum Gasteiger partial charge on any atom is -0.384 e. The maximum Gasteiger partial charge on any atom is 0.159 e. The summed E-state index contributed by atoms with van der Waals surface area (Å²) in [5, 5.41) is 6.61. The monoisotopic (exact) mass is 220 g/mol. The van der Waals surface area contributed by atoms with Crippen LogP contribution >= 0.6 is 0 Å². The Hall–Kier alpha value is -1.51. The Bertz CT molecular complexity index is 372. The van der Waals surface area contributed by atoms with Crippen LogP contribution in [0.5, 0.6) is 0 Å². The molecule has 0 fully saturated rings. The Kier molecular flexibility index (Phi) is 4.35. The molecule has 1 rings (SSSR count). The van der Waals surface area contributed by atoms with Crippen LogP contribution < -0.4 is 10.6 Å². The van der Waals surface area contributed by atoms with Gasteiger partial charge in [0, 0.05) is 18.2 Å². The highest BCUT2D eigenvalue weighted by Gasteiger charge is 2.06. The number of anilines is 2. The van der Waals surface area contributed by atoms with E-state index in [-0.39, 0.29) is 5.78 Å². The molecule has 1 aromatic carbocycles. The fourth-order valence-corrected chi connectivity index (χ4v) is 1.54. The van der Waals surface area contributed by atoms with E-state index in [0.717, 1.165) is 23.5 Å². The van der Waals surface area contributed by atoms with Gasteiger partial charge in [-0.15, -0.1) is 0 Å². The first-order valence-corrected chi connectivity index (χ1v) is 5.70. The summed E-state index contributed by atoms with van der Waals surface area (Å²) in [6.45, 7) is 8.65. The van der Waals surface area contributed by atoms with E-state index < -0.39 is 0 Å². The summed E-state index contributed by atoms with van der Waals surface area (Å²) in [7, 11) is 0. The van der Waals surface area contributed by atoms with E-state index in [4.69, 9.17) is 0 Å². The van der Waals surface area contributed by atoms with Crippen molar-refractivity contribution in [3.63, 3.8) is 0 Å². The minimum absolute atomic E-state index is 0.0928. The fourth-order valence-electron chi connectivity index (χ4n) is 1.54. The number of nitrogens with one attached hydrogen (secondary N) is 2. The van der Waals surface area contributed by atoms with Crippen molar-refractivity contribution in [1.82, 2.24) is 0 Å². The summed E-state index contributed by atoms with van der Waals surface area (Å²) in [6, 6.07) is 6.08. The molecule has 16 heavy (non-hydrogen) atoms. The van der Waals surface area contributed by atoms with Gasteiger partial charge >= 0.3 is 0 Å². The highest BCUT2D eigenvalue weighted by Crippen LogP contribution is 2.24. The van der Waals surface area contributed by atoms with Gasteiger partial charge in [-0.25, -0.2) is 0 Å². The molecular weight excluding hydrogens is 200 g/mol. The van der Waals surface area contributed by atoms with Crippen molar-refractivity contribution >= 4 is 17.2 Å². The lowest BCUT2D eigenvalue weighted by Gasteiger charge is -2.16. The van der Waals surface area contributed by atoms with Crippen LogP contribution in [0, 0.1) is 0 Å². The summed E-state index contributed by atoms with van der Waals surface area (Å²) >= 11 is 0. The molecule has 2 N–H and O–H groups in total. The molecule has 0 bridgehead atoms. The van der Waals surface area contributed by atoms with Crippen molar-refractivity contribution in [2.24, 2.45) is 0 Å². The van der Waals surface area contributed by atoms with Crippen molar-refractivity contribution in [3.8, 4) is 0 Å². The zero-order chi connectivity index (χ0) is 12.1. The number of hydrogen-bond donors (Lipinski definition) is 2. The fraction of sp³-hybridized carbons (Fsp3) is 0.462. The molecule has 0 saturated heterocycles. The van der Waals surface area contributed by atoms with Crippen LogP contribution in [-0.4, -0.2) is 18.4 Å². The van der Waals surface area contributed by atoms with Crippen LogP contribution in [0.2, 0.25) is 0 Å². The molecule has 0 aliphatic heterocycles. The molecule has 0 saturated carbocycles. The molecule has 0 heterocycles. The van der Waals surface area contributed by atoms with E-state index in [1.807, 2.05) is 25.1 Å². The third kappa shape index (κ3) is 3.26. The second-order valence-electron chi connectivity index (χ2n) is 4.15. The van der Waals surface area contributed by atoms with E-state index in [0.29, 0.717) is 6.04 Å². The van der Waals surface area contributed by atoms with E-state index in [1.165, 1.54) is 0 Å². The number of carbonyl (C=O) groups is 1. The van der Waals surface area contributed by atoms with Crippen LogP contribution in [0.15, 0.2) is 18.2 Å². The van der Waals surface area contributed by atoms with Crippen molar-refractivity contribution in [3.05, 3.63) is 23.8 Å². The predicted octanol–water partition coefficient (Wildman–Crippen LogP) is 3.14. The van der Waals surface area contributed by atoms with Crippen LogP contribution in [0.1, 0.15) is 38.1 Å². The van der Waals surface area contributed by atoms with Gasteiger partial charge in [0.1, 0.15) is 0 Å². The molecular formula is C13H20N2O. The lowest BCUT2D eigenvalue weighted by atomic mass is 10.1. The molecule has 0 unspecified atom stereocenters. The van der Waals surface area contributed by atoms with Gasteiger partial charge in [-0.1, -0.05) is 0 Å². The van der Waals surface area contributed by atoms with Crippen LogP contribution in [0.4, 0.5) is 11.4 Å². The van der Waals surface area contributed by atoms with E-state index in [9.17, 15) is 4.79 Å². The zero-order valence-corrected chi connectivity index (χ0v) is 10.4. The Morgan fingerprint density at radius 1 is 1.31 bits per heavy atom. The van der Waals surface area contributed by atoms with E-state index in [2.05, 4.69) is 24.5 Å². The molecule has 0 atom stereocenters. The summed E-state index contributed by atoms with van der Waals surface area (Å²) in [4.78, 5) is 11.3. The Morgan fingerprint density at radius 3 is 2.50 bits per heavy atom. The summed E-state index contributed by atoms with van der Waals surface area (Å²) in [6.07, 6.45) is 0. The molecule has 0 aliphatic carbocycles. The third-order valence-corrected chi connectivity index (χ3v) is 2.24. The maximum absolute atomic E-state index is 11.3. The zero-order valence-electron chi connectivity index (χ0n) is 10.4. The maximum atomic E-state index is 11.3. The number of hydrogen-bond acceptors (Lipinski definition) is 3. The van der Waals surface area contributed by atoms with Crippen molar-refractivity contribution < 1.29 is 4.79 Å². The second-order valence-corrected chi connectivity index (χ2v) is 4.15. The van der Waals surface area contributed by atoms with Gasteiger partial charge in [-0.05, 0) is 45.9 Å². The van der Waals surface area contributed by atoms with Gasteiger partial charge in [0.15, 0.2) is 5.78 Å². The third-order valence-electron chi connectivity index (χ3n) is 2.24. The number of carbonyl (C=O) groups excluding carboxylic acids is 1. The minimum atomic E-state index is 0.0928. The molecule has 1 aromatic rings. The average Bonchev–Trinajstić information content (AvgIpc) is 2.20. The Balaban J connectivity index is 3.03. The van der Waals surface area contributed by atoms with Crippen LogP contribution in [0.3, 0.4) is 0 Å². The van der Waals surface area contributed by atoms with Crippen LogP contribution in [0.25, 0.3) is 0 Å². The molecule has 0 radical (unpaired) electrons. The number of ketones is 1. The number of rotatable bonds is 5. The lowest BCUT2D eigenvalue weighted by Crippen LogP contribution is -2.12. The van der Waals surface area contributed by atoms with Gasteiger partial charge in [0.2, 0.25) is 0 Å². The van der Waals surface area contributed by atoms with Gasteiger partial charge in [0.25, 0.3) is 0 Å². The predicted molar refractivity (Wildman–Crippen MR) is 69.4 cm³/mol. The van der Waals surface area contributed by atoms with Gasteiger partial charge in [0.05, 0.1) is 11.4 Å². The largest absolute Gasteiger partial charge is 0.384 e. The molecule has 88 valence electrons. The van der Waals surface area contributed by atoms with Crippen molar-refractivity contribution in [2.45, 2.75) is 33.7 Å². The number of Topliss-reactive ketones (excluding diaryl/α,β-unsaturated/α-hetero) is 1. The van der Waals surface area contributed by atoms with Gasteiger partial charge in [-0.2, -0.15) is 0 Å². The van der Waals surface area contributed by atoms with Crippen molar-refractivity contribution in [2.75, 3.05) is 17.2 Å². The summed E-state index contributed by atoms with van der Waals surface area (Å²) in [5.41, 5.74) is 2.77. The van der Waals surface area contributed by atoms with Gasteiger partial charge in [-0.3, -0.25) is 4.79 Å². The van der Waals surface area contributed by atoms with Crippen LogP contribution in [-0.2, 0) is 0 Å². The quantitative estimate of drug-likeness (QED) is 0.749. The normalized spacial score (nSPS) is 10.3. The lowest BCUT2D eigenvalue weighted by molar-refractivity contribution is 0.101. The highest BCUT2D eigenvalue weighted by atomic mass is 16.1. The smallest absolute Gasteiger partial charge is 0.159 e. The SMILES string of the molecule is CCNc1cc(C(C)=O)ccc1NC(C)C. The molecule has 3 heteroatoms. The average molecular weight is 220 g/mol. The van der Waals surface area contributed by atoms with E-state index >= 15 is 0 Å². The first-order chi connectivity index (χ1) is 7.54. The Labute approximate surface area is 97.2 Å². The topological polar surface area (TPSA) is 41.1 Å². The van der Waals surface area contributed by atoms with E-state index in [1.54, 1.807) is 6.92 Å². The molecule has 0 spiro atoms. The molecule has 0 amide bonds. The first-order valence-electron chi connectivity index (χ1n) is 5.70. The Morgan fingerprint density at radius 2 is 2.00 bits per heavy atom. The molecule has 0 aromatic heterocycles. The first kappa shape index (κ1) is 12.6. The number of benzene rings is 1. The molecule has 3 nitrogen and oxygen atoms in total.